The van der Waals surface area contributed by atoms with E-state index < -0.39 is 11.9 Å². The van der Waals surface area contributed by atoms with Gasteiger partial charge < -0.3 is 15.0 Å². The lowest BCUT2D eigenvalue weighted by molar-refractivity contribution is 0.0600. The fourth-order valence-corrected chi connectivity index (χ4v) is 3.22. The summed E-state index contributed by atoms with van der Waals surface area (Å²) in [6.45, 7) is 4.10. The van der Waals surface area contributed by atoms with Gasteiger partial charge in [0.15, 0.2) is 0 Å². The van der Waals surface area contributed by atoms with Crippen LogP contribution in [0.25, 0.3) is 0 Å². The molecule has 1 amide bonds. The van der Waals surface area contributed by atoms with Gasteiger partial charge >= 0.3 is 5.97 Å². The molecule has 1 aliphatic rings. The van der Waals surface area contributed by atoms with Crippen molar-refractivity contribution < 1.29 is 14.3 Å². The minimum atomic E-state index is -0.512. The molecule has 3 rings (SSSR count). The van der Waals surface area contributed by atoms with E-state index in [1.165, 1.54) is 37.9 Å². The molecule has 27 heavy (non-hydrogen) atoms. The topological polar surface area (TPSA) is 84.4 Å². The van der Waals surface area contributed by atoms with E-state index in [-0.39, 0.29) is 11.3 Å². The van der Waals surface area contributed by atoms with E-state index >= 15 is 0 Å². The number of carbonyl (C=O) groups excluding carboxylic acids is 2. The summed E-state index contributed by atoms with van der Waals surface area (Å²) in [6.07, 6.45) is 5.40. The lowest BCUT2D eigenvalue weighted by Gasteiger charge is -2.31. The first-order chi connectivity index (χ1) is 13.0. The van der Waals surface area contributed by atoms with Crippen LogP contribution in [0.4, 0.5) is 11.5 Å². The molecule has 1 atom stereocenters. The van der Waals surface area contributed by atoms with E-state index in [9.17, 15) is 9.59 Å². The number of nitrogens with zero attached hydrogens (tertiary/aromatic N) is 3. The molecule has 1 saturated heterocycles. The minimum absolute atomic E-state index is 0.170. The number of piperidine rings is 1. The number of benzene rings is 1. The van der Waals surface area contributed by atoms with Crippen molar-refractivity contribution in [3.8, 4) is 0 Å². The van der Waals surface area contributed by atoms with Crippen molar-refractivity contribution in [2.75, 3.05) is 30.4 Å². The van der Waals surface area contributed by atoms with Crippen molar-refractivity contribution in [2.24, 2.45) is 5.92 Å². The summed E-state index contributed by atoms with van der Waals surface area (Å²) in [7, 11) is 1.29. The molecule has 1 aromatic carbocycles. The maximum absolute atomic E-state index is 12.5. The van der Waals surface area contributed by atoms with Crippen molar-refractivity contribution in [1.82, 2.24) is 9.97 Å². The Bertz CT molecular complexity index is 841. The molecule has 0 saturated carbocycles. The highest BCUT2D eigenvalue weighted by molar-refractivity contribution is 6.34. The third-order valence-corrected chi connectivity index (χ3v) is 4.82. The molecule has 0 aliphatic carbocycles. The number of aromatic nitrogens is 2. The van der Waals surface area contributed by atoms with Crippen LogP contribution in [0.1, 0.15) is 40.6 Å². The first-order valence-corrected chi connectivity index (χ1v) is 9.12. The van der Waals surface area contributed by atoms with Gasteiger partial charge in [-0.25, -0.2) is 14.8 Å². The van der Waals surface area contributed by atoms with Gasteiger partial charge in [-0.05, 0) is 37.0 Å². The monoisotopic (exact) mass is 388 g/mol. The maximum atomic E-state index is 12.5. The van der Waals surface area contributed by atoms with Crippen LogP contribution in [0.3, 0.4) is 0 Å². The first kappa shape index (κ1) is 19.1. The number of methoxy groups -OCH3 is 1. The van der Waals surface area contributed by atoms with E-state index in [1.54, 1.807) is 6.20 Å². The lowest BCUT2D eigenvalue weighted by Crippen LogP contribution is -2.35. The molecule has 142 valence electrons. The van der Waals surface area contributed by atoms with Crippen LogP contribution in [0.5, 0.6) is 0 Å². The van der Waals surface area contributed by atoms with Crippen molar-refractivity contribution in [2.45, 2.75) is 19.8 Å². The zero-order valence-corrected chi connectivity index (χ0v) is 16.0. The number of ether oxygens (including phenoxy) is 1. The Morgan fingerprint density at radius 2 is 2.11 bits per heavy atom. The van der Waals surface area contributed by atoms with Gasteiger partial charge in [0, 0.05) is 13.1 Å². The van der Waals surface area contributed by atoms with E-state index in [0.717, 1.165) is 25.3 Å². The van der Waals surface area contributed by atoms with Gasteiger partial charge in [-0.15, -0.1) is 0 Å². The smallest absolute Gasteiger partial charge is 0.337 e. The summed E-state index contributed by atoms with van der Waals surface area (Å²) in [5, 5.41) is 2.97. The van der Waals surface area contributed by atoms with E-state index in [4.69, 9.17) is 11.6 Å². The van der Waals surface area contributed by atoms with Gasteiger partial charge in [-0.2, -0.15) is 0 Å². The normalized spacial score (nSPS) is 16.7. The number of esters is 1. The average Bonchev–Trinajstić information content (AvgIpc) is 2.69. The fourth-order valence-electron chi connectivity index (χ4n) is 3.05. The van der Waals surface area contributed by atoms with Gasteiger partial charge in [0.2, 0.25) is 0 Å². The second-order valence-corrected chi connectivity index (χ2v) is 7.00. The number of halogens is 1. The zero-order valence-electron chi connectivity index (χ0n) is 15.2. The molecule has 0 spiro atoms. The molecule has 1 unspecified atom stereocenters. The molecule has 7 nitrogen and oxygen atoms in total. The van der Waals surface area contributed by atoms with Crippen LogP contribution in [0.15, 0.2) is 30.6 Å². The van der Waals surface area contributed by atoms with Crippen molar-refractivity contribution in [3.63, 3.8) is 0 Å². The van der Waals surface area contributed by atoms with Gasteiger partial charge in [-0.3, -0.25) is 4.79 Å². The first-order valence-electron chi connectivity index (χ1n) is 8.74. The Labute approximate surface area is 162 Å². The van der Waals surface area contributed by atoms with Crippen LogP contribution in [-0.2, 0) is 4.74 Å². The molecular formula is C19H21ClN4O3. The zero-order chi connectivity index (χ0) is 19.4. The number of amides is 1. The van der Waals surface area contributed by atoms with E-state index in [0.29, 0.717) is 16.6 Å². The Morgan fingerprint density at radius 1 is 1.30 bits per heavy atom. The highest BCUT2D eigenvalue weighted by atomic mass is 35.5. The van der Waals surface area contributed by atoms with Crippen molar-refractivity contribution >= 4 is 35.0 Å². The Kier molecular flexibility index (Phi) is 5.91. The van der Waals surface area contributed by atoms with Gasteiger partial charge in [0.25, 0.3) is 5.91 Å². The molecule has 1 aromatic heterocycles. The third-order valence-electron chi connectivity index (χ3n) is 4.49. The molecule has 1 N–H and O–H groups in total. The van der Waals surface area contributed by atoms with Crippen LogP contribution < -0.4 is 10.2 Å². The number of anilines is 2. The standard InChI is InChI=1S/C19H21ClN4O3/c1-12-4-3-7-24(11-12)17-10-21-16(9-22-17)18(25)23-15-8-13(19(26)27-2)5-6-14(15)20/h5-6,8-10,12H,3-4,7,11H2,1-2H3,(H,23,25). The Balaban J connectivity index is 1.72. The van der Waals surface area contributed by atoms with Crippen molar-refractivity contribution in [3.05, 3.63) is 46.9 Å². The van der Waals surface area contributed by atoms with Gasteiger partial charge in [0.1, 0.15) is 11.5 Å². The number of nitrogens with one attached hydrogen (secondary N) is 1. The van der Waals surface area contributed by atoms with Gasteiger partial charge in [0.05, 0.1) is 35.8 Å². The van der Waals surface area contributed by atoms with E-state index in [2.05, 4.69) is 31.8 Å². The maximum Gasteiger partial charge on any atom is 0.337 e. The van der Waals surface area contributed by atoms with Crippen LogP contribution in [0, 0.1) is 5.92 Å². The van der Waals surface area contributed by atoms with E-state index in [1.807, 2.05) is 0 Å². The summed E-state index contributed by atoms with van der Waals surface area (Å²) in [5.74, 6) is 0.420. The summed E-state index contributed by atoms with van der Waals surface area (Å²) < 4.78 is 4.68. The minimum Gasteiger partial charge on any atom is -0.465 e. The molecular weight excluding hydrogens is 368 g/mol. The summed E-state index contributed by atoms with van der Waals surface area (Å²) in [4.78, 5) is 34.9. The molecule has 8 heteroatoms. The third kappa shape index (κ3) is 4.54. The molecule has 2 heterocycles. The highest BCUT2D eigenvalue weighted by Crippen LogP contribution is 2.24. The van der Waals surface area contributed by atoms with Gasteiger partial charge in [-0.1, -0.05) is 18.5 Å². The Hall–Kier alpha value is -2.67. The predicted molar refractivity (Wildman–Crippen MR) is 103 cm³/mol. The van der Waals surface area contributed by atoms with Crippen LogP contribution in [0.2, 0.25) is 5.02 Å². The molecule has 1 fully saturated rings. The largest absolute Gasteiger partial charge is 0.465 e. The number of hydrogen-bond donors (Lipinski definition) is 1. The van der Waals surface area contributed by atoms with Crippen LogP contribution >= 0.6 is 11.6 Å². The molecule has 1 aliphatic heterocycles. The average molecular weight is 389 g/mol. The highest BCUT2D eigenvalue weighted by Gasteiger charge is 2.19. The second kappa shape index (κ2) is 8.35. The lowest BCUT2D eigenvalue weighted by atomic mass is 10.0. The fraction of sp³-hybridized carbons (Fsp3) is 0.368. The summed E-state index contributed by atoms with van der Waals surface area (Å²) in [5.41, 5.74) is 0.765. The quantitative estimate of drug-likeness (QED) is 0.808. The van der Waals surface area contributed by atoms with Crippen molar-refractivity contribution in [1.29, 1.82) is 0 Å². The molecule has 0 bridgehead atoms. The Morgan fingerprint density at radius 3 is 2.78 bits per heavy atom. The number of carbonyl (C=O) groups is 2. The summed E-state index contributed by atoms with van der Waals surface area (Å²) >= 11 is 6.11. The predicted octanol–water partition coefficient (Wildman–Crippen LogP) is 3.41. The number of rotatable bonds is 4. The molecule has 0 radical (unpaired) electrons. The van der Waals surface area contributed by atoms with Crippen LogP contribution in [-0.4, -0.2) is 42.0 Å². The molecule has 2 aromatic rings. The number of hydrogen-bond acceptors (Lipinski definition) is 6. The second-order valence-electron chi connectivity index (χ2n) is 6.59. The summed E-state index contributed by atoms with van der Waals surface area (Å²) in [6, 6.07) is 4.51. The SMILES string of the molecule is COC(=O)c1ccc(Cl)c(NC(=O)c2cnc(N3CCCC(C)C3)cn2)c1.